The summed E-state index contributed by atoms with van der Waals surface area (Å²) in [5.41, 5.74) is 1.35. The zero-order valence-corrected chi connectivity index (χ0v) is 14.9. The molecule has 1 atom stereocenters. The lowest BCUT2D eigenvalue weighted by Crippen LogP contribution is -2.25. The first kappa shape index (κ1) is 16.4. The number of fused-ring (bicyclic) bond motifs is 2. The number of anilines is 2. The molecule has 1 unspecified atom stereocenters. The van der Waals surface area contributed by atoms with Gasteiger partial charge in [-0.25, -0.2) is 0 Å². The van der Waals surface area contributed by atoms with Gasteiger partial charge in [-0.2, -0.15) is 5.10 Å². The van der Waals surface area contributed by atoms with Gasteiger partial charge in [0.05, 0.1) is 17.7 Å². The summed E-state index contributed by atoms with van der Waals surface area (Å²) in [5, 5.41) is 10.9. The quantitative estimate of drug-likeness (QED) is 0.570. The summed E-state index contributed by atoms with van der Waals surface area (Å²) < 4.78 is 12.7. The zero-order chi connectivity index (χ0) is 19.3. The molecule has 28 heavy (non-hydrogen) atoms. The van der Waals surface area contributed by atoms with E-state index < -0.39 is 5.91 Å². The predicted molar refractivity (Wildman–Crippen MR) is 101 cm³/mol. The maximum absolute atomic E-state index is 12.8. The fourth-order valence-electron chi connectivity index (χ4n) is 3.58. The van der Waals surface area contributed by atoms with Crippen LogP contribution in [0.4, 0.5) is 11.6 Å². The fourth-order valence-corrected chi connectivity index (χ4v) is 3.58. The minimum Gasteiger partial charge on any atom is -0.469 e. The molecular weight excluding hydrogens is 360 g/mol. The van der Waals surface area contributed by atoms with E-state index in [0.29, 0.717) is 28.5 Å². The maximum Gasteiger partial charge on any atom is 0.292 e. The van der Waals surface area contributed by atoms with Gasteiger partial charge < -0.3 is 19.5 Å². The number of aryl methyl sites for hydroxylation is 1. The van der Waals surface area contributed by atoms with Crippen LogP contribution in [0.15, 0.2) is 57.6 Å². The van der Waals surface area contributed by atoms with Crippen molar-refractivity contribution in [3.63, 3.8) is 0 Å². The lowest BCUT2D eigenvalue weighted by atomic mass is 9.91. The molecule has 0 saturated carbocycles. The van der Waals surface area contributed by atoms with Gasteiger partial charge in [0.2, 0.25) is 5.91 Å². The highest BCUT2D eigenvalue weighted by molar-refractivity contribution is 6.05. The number of hydrogen-bond acceptors (Lipinski definition) is 5. The molecule has 4 heterocycles. The molecule has 5 rings (SSSR count). The molecule has 2 N–H and O–H groups in total. The Kier molecular flexibility index (Phi) is 3.58. The molecule has 1 aromatic carbocycles. The number of nitrogens with zero attached hydrogens (tertiary/aromatic N) is 2. The Morgan fingerprint density at radius 3 is 2.93 bits per heavy atom. The second-order valence-corrected chi connectivity index (χ2v) is 6.66. The molecule has 8 heteroatoms. The Hall–Kier alpha value is -3.81. The first-order chi connectivity index (χ1) is 13.6. The number of carbonyl (C=O) groups is 2. The maximum atomic E-state index is 12.8. The fraction of sp³-hybridized carbons (Fsp3) is 0.150. The first-order valence-electron chi connectivity index (χ1n) is 8.80. The summed E-state index contributed by atoms with van der Waals surface area (Å²) in [6.45, 7) is 0. The number of rotatable bonds is 3. The Morgan fingerprint density at radius 2 is 2.14 bits per heavy atom. The summed E-state index contributed by atoms with van der Waals surface area (Å²) in [5.74, 6) is 0.859. The van der Waals surface area contributed by atoms with Crippen LogP contribution in [0.25, 0.3) is 11.0 Å². The topological polar surface area (TPSA) is 102 Å². The molecule has 3 aromatic heterocycles. The molecule has 0 fully saturated rings. The van der Waals surface area contributed by atoms with Gasteiger partial charge in [-0.3, -0.25) is 14.3 Å². The number of benzene rings is 1. The van der Waals surface area contributed by atoms with Crippen molar-refractivity contribution in [1.29, 1.82) is 0 Å². The van der Waals surface area contributed by atoms with Crippen LogP contribution in [-0.2, 0) is 11.8 Å². The van der Waals surface area contributed by atoms with Gasteiger partial charge in [0, 0.05) is 18.9 Å². The summed E-state index contributed by atoms with van der Waals surface area (Å²) >= 11 is 0. The average Bonchev–Trinajstić information content (AvgIpc) is 3.41. The minimum absolute atomic E-state index is 0.132. The molecule has 4 aromatic rings. The van der Waals surface area contributed by atoms with E-state index in [1.807, 2.05) is 24.3 Å². The van der Waals surface area contributed by atoms with Crippen LogP contribution in [0.2, 0.25) is 0 Å². The molecule has 1 aliphatic rings. The van der Waals surface area contributed by atoms with Crippen LogP contribution in [0.1, 0.15) is 34.2 Å². The van der Waals surface area contributed by atoms with Crippen LogP contribution < -0.4 is 10.6 Å². The highest BCUT2D eigenvalue weighted by atomic mass is 16.3. The third-order valence-corrected chi connectivity index (χ3v) is 4.85. The lowest BCUT2D eigenvalue weighted by molar-refractivity contribution is -0.116. The number of hydrogen-bond donors (Lipinski definition) is 2. The molecule has 2 amide bonds. The third kappa shape index (κ3) is 2.58. The summed E-state index contributed by atoms with van der Waals surface area (Å²) in [4.78, 5) is 24.9. The van der Waals surface area contributed by atoms with Crippen molar-refractivity contribution < 1.29 is 18.4 Å². The van der Waals surface area contributed by atoms with Crippen molar-refractivity contribution >= 4 is 34.4 Å². The SMILES string of the molecule is Cn1nc(NC(=O)c2cc3ccccc3o2)c2c1NC(=O)CC2c1ccco1. The minimum atomic E-state index is -0.410. The van der Waals surface area contributed by atoms with Crippen molar-refractivity contribution in [3.05, 3.63) is 65.8 Å². The molecule has 0 bridgehead atoms. The van der Waals surface area contributed by atoms with E-state index in [0.717, 1.165) is 5.39 Å². The van der Waals surface area contributed by atoms with E-state index >= 15 is 0 Å². The van der Waals surface area contributed by atoms with Crippen molar-refractivity contribution in [2.75, 3.05) is 10.6 Å². The smallest absolute Gasteiger partial charge is 0.292 e. The number of furan rings is 2. The number of nitrogens with one attached hydrogen (secondary N) is 2. The van der Waals surface area contributed by atoms with E-state index in [-0.39, 0.29) is 24.0 Å². The second kappa shape index (κ2) is 6.12. The van der Waals surface area contributed by atoms with Crippen molar-refractivity contribution in [2.24, 2.45) is 7.05 Å². The van der Waals surface area contributed by atoms with E-state index in [1.165, 1.54) is 4.68 Å². The number of carbonyl (C=O) groups excluding carboxylic acids is 2. The van der Waals surface area contributed by atoms with Gasteiger partial charge in [-0.1, -0.05) is 18.2 Å². The Bertz CT molecular complexity index is 1170. The van der Waals surface area contributed by atoms with Gasteiger partial charge in [0.1, 0.15) is 17.2 Å². The number of para-hydroxylation sites is 1. The van der Waals surface area contributed by atoms with Crippen LogP contribution in [0.5, 0.6) is 0 Å². The molecule has 0 aliphatic carbocycles. The Balaban J connectivity index is 1.53. The second-order valence-electron chi connectivity index (χ2n) is 6.66. The lowest BCUT2D eigenvalue weighted by Gasteiger charge is -2.22. The van der Waals surface area contributed by atoms with Gasteiger partial charge in [-0.15, -0.1) is 0 Å². The van der Waals surface area contributed by atoms with Gasteiger partial charge in [-0.05, 0) is 24.3 Å². The van der Waals surface area contributed by atoms with Crippen molar-refractivity contribution in [2.45, 2.75) is 12.3 Å². The number of aromatic nitrogens is 2. The van der Waals surface area contributed by atoms with Gasteiger partial charge in [0.15, 0.2) is 11.6 Å². The van der Waals surface area contributed by atoms with E-state index in [4.69, 9.17) is 8.83 Å². The Labute approximate surface area is 159 Å². The number of amides is 2. The molecule has 140 valence electrons. The van der Waals surface area contributed by atoms with Crippen LogP contribution in [-0.4, -0.2) is 21.6 Å². The summed E-state index contributed by atoms with van der Waals surface area (Å²) in [7, 11) is 1.71. The largest absolute Gasteiger partial charge is 0.469 e. The highest BCUT2D eigenvalue weighted by Crippen LogP contribution is 2.41. The van der Waals surface area contributed by atoms with Crippen LogP contribution in [0.3, 0.4) is 0 Å². The average molecular weight is 376 g/mol. The molecule has 0 spiro atoms. The summed E-state index contributed by atoms with van der Waals surface area (Å²) in [6.07, 6.45) is 1.77. The van der Waals surface area contributed by atoms with E-state index in [9.17, 15) is 9.59 Å². The normalized spacial score (nSPS) is 16.0. The highest BCUT2D eigenvalue weighted by Gasteiger charge is 2.35. The third-order valence-electron chi connectivity index (χ3n) is 4.85. The van der Waals surface area contributed by atoms with Crippen LogP contribution >= 0.6 is 0 Å². The van der Waals surface area contributed by atoms with Gasteiger partial charge >= 0.3 is 0 Å². The molecule has 8 nitrogen and oxygen atoms in total. The monoisotopic (exact) mass is 376 g/mol. The first-order valence-corrected chi connectivity index (χ1v) is 8.80. The van der Waals surface area contributed by atoms with Crippen LogP contribution in [0, 0.1) is 0 Å². The molecular formula is C20H16N4O4. The Morgan fingerprint density at radius 1 is 1.29 bits per heavy atom. The van der Waals surface area contributed by atoms with E-state index in [1.54, 1.807) is 31.5 Å². The zero-order valence-electron chi connectivity index (χ0n) is 14.9. The predicted octanol–water partition coefficient (Wildman–Crippen LogP) is 3.49. The van der Waals surface area contributed by atoms with E-state index in [2.05, 4.69) is 15.7 Å². The van der Waals surface area contributed by atoms with Gasteiger partial charge in [0.25, 0.3) is 5.91 Å². The molecule has 1 aliphatic heterocycles. The molecule has 0 radical (unpaired) electrons. The summed E-state index contributed by atoms with van der Waals surface area (Å²) in [6, 6.07) is 12.7. The van der Waals surface area contributed by atoms with Crippen molar-refractivity contribution in [3.8, 4) is 0 Å². The molecule has 0 saturated heterocycles. The van der Waals surface area contributed by atoms with Crippen molar-refractivity contribution in [1.82, 2.24) is 9.78 Å². The standard InChI is InChI=1S/C20H16N4O4/c1-24-19-17(12(10-16(25)21-19)14-7-4-8-27-14)18(23-24)22-20(26)15-9-11-5-2-3-6-13(11)28-15/h2-9,12H,10H2,1H3,(H,21,25)(H,22,23,26).